The third kappa shape index (κ3) is 3.29. The fourth-order valence-corrected chi connectivity index (χ4v) is 4.10. The van der Waals surface area contributed by atoms with Gasteiger partial charge in [-0.05, 0) is 43.2 Å². The van der Waals surface area contributed by atoms with Gasteiger partial charge in [-0.3, -0.25) is 14.5 Å². The molecule has 2 heterocycles. The van der Waals surface area contributed by atoms with Crippen molar-refractivity contribution in [3.63, 3.8) is 0 Å². The number of carbonyl (C=O) groups is 2. The zero-order valence-electron chi connectivity index (χ0n) is 16.2. The van der Waals surface area contributed by atoms with Crippen LogP contribution in [-0.4, -0.2) is 48.9 Å². The second-order valence-electron chi connectivity index (χ2n) is 7.55. The van der Waals surface area contributed by atoms with E-state index in [1.807, 2.05) is 43.0 Å². The van der Waals surface area contributed by atoms with Crippen molar-refractivity contribution in [1.29, 1.82) is 0 Å². The highest BCUT2D eigenvalue weighted by Crippen LogP contribution is 2.30. The van der Waals surface area contributed by atoms with Gasteiger partial charge in [-0.15, -0.1) is 0 Å². The molecule has 2 fully saturated rings. The molecule has 2 aliphatic rings. The van der Waals surface area contributed by atoms with E-state index >= 15 is 0 Å². The number of nitrogens with zero attached hydrogens (tertiary/aromatic N) is 3. The Morgan fingerprint density at radius 1 is 0.929 bits per heavy atom. The van der Waals surface area contributed by atoms with Crippen LogP contribution in [-0.2, 0) is 9.59 Å². The van der Waals surface area contributed by atoms with Crippen LogP contribution < -0.4 is 9.80 Å². The first-order valence-electron chi connectivity index (χ1n) is 9.63. The van der Waals surface area contributed by atoms with Gasteiger partial charge in [-0.1, -0.05) is 24.3 Å². The molecule has 28 heavy (non-hydrogen) atoms. The van der Waals surface area contributed by atoms with Crippen molar-refractivity contribution in [1.82, 2.24) is 4.90 Å². The molecule has 0 N–H and O–H groups in total. The highest BCUT2D eigenvalue weighted by atomic mass is 19.1. The van der Waals surface area contributed by atoms with Crippen LogP contribution in [0, 0.1) is 19.7 Å². The smallest absolute Gasteiger partial charge is 0.251 e. The molecule has 146 valence electrons. The number of amides is 2. The molecule has 4 rings (SSSR count). The van der Waals surface area contributed by atoms with Crippen LogP contribution >= 0.6 is 0 Å². The number of piperazine rings is 1. The summed E-state index contributed by atoms with van der Waals surface area (Å²) in [6.07, 6.45) is 0.200. The second kappa shape index (κ2) is 7.36. The van der Waals surface area contributed by atoms with Crippen molar-refractivity contribution in [2.45, 2.75) is 26.3 Å². The molecule has 0 spiro atoms. The third-order valence-electron chi connectivity index (χ3n) is 5.68. The van der Waals surface area contributed by atoms with Crippen LogP contribution in [0.3, 0.4) is 0 Å². The Morgan fingerprint density at radius 3 is 2.36 bits per heavy atom. The summed E-state index contributed by atoms with van der Waals surface area (Å²) in [4.78, 5) is 31.1. The van der Waals surface area contributed by atoms with Gasteiger partial charge in [0.2, 0.25) is 5.91 Å². The molecule has 6 heteroatoms. The molecule has 2 aromatic carbocycles. The topological polar surface area (TPSA) is 43.9 Å². The maximum Gasteiger partial charge on any atom is 0.251 e. The van der Waals surface area contributed by atoms with Crippen LogP contribution in [0.2, 0.25) is 0 Å². The molecule has 2 amide bonds. The lowest BCUT2D eigenvalue weighted by molar-refractivity contribution is -0.123. The Kier molecular flexibility index (Phi) is 4.89. The number of anilines is 2. The molecule has 0 bridgehead atoms. The van der Waals surface area contributed by atoms with E-state index in [9.17, 15) is 14.0 Å². The van der Waals surface area contributed by atoms with Gasteiger partial charge in [-0.2, -0.15) is 0 Å². The SMILES string of the molecule is Cc1ccc(C)c(N2C(=O)CC(N3CCN(c4ccccc4F)CC3)C2=O)c1. The predicted molar refractivity (Wildman–Crippen MR) is 107 cm³/mol. The van der Waals surface area contributed by atoms with Crippen molar-refractivity contribution in [3.05, 3.63) is 59.4 Å². The van der Waals surface area contributed by atoms with Crippen LogP contribution in [0.1, 0.15) is 17.5 Å². The van der Waals surface area contributed by atoms with Crippen molar-refractivity contribution in [3.8, 4) is 0 Å². The summed E-state index contributed by atoms with van der Waals surface area (Å²) in [6, 6.07) is 12.1. The fraction of sp³-hybridized carbons (Fsp3) is 0.364. The fourth-order valence-electron chi connectivity index (χ4n) is 4.10. The number of benzene rings is 2. The summed E-state index contributed by atoms with van der Waals surface area (Å²) in [5, 5.41) is 0. The number of carbonyl (C=O) groups excluding carboxylic acids is 2. The Balaban J connectivity index is 1.48. The van der Waals surface area contributed by atoms with Gasteiger partial charge in [-0.25, -0.2) is 9.29 Å². The Morgan fingerprint density at radius 2 is 1.64 bits per heavy atom. The first-order chi connectivity index (χ1) is 13.5. The van der Waals surface area contributed by atoms with E-state index in [1.54, 1.807) is 12.1 Å². The second-order valence-corrected chi connectivity index (χ2v) is 7.55. The summed E-state index contributed by atoms with van der Waals surface area (Å²) < 4.78 is 14.0. The Hall–Kier alpha value is -2.73. The number of para-hydroxylation sites is 1. The summed E-state index contributed by atoms with van der Waals surface area (Å²) in [5.41, 5.74) is 3.20. The van der Waals surface area contributed by atoms with E-state index in [1.165, 1.54) is 11.0 Å². The average molecular weight is 381 g/mol. The minimum Gasteiger partial charge on any atom is -0.367 e. The standard InChI is InChI=1S/C22H24FN3O2/c1-15-7-8-16(2)19(13-15)26-21(27)14-20(22(26)28)25-11-9-24(10-12-25)18-6-4-3-5-17(18)23/h3-8,13,20H,9-12,14H2,1-2H3. The first-order valence-corrected chi connectivity index (χ1v) is 9.63. The van der Waals surface area contributed by atoms with Gasteiger partial charge in [0.1, 0.15) is 5.82 Å². The summed E-state index contributed by atoms with van der Waals surface area (Å²) in [7, 11) is 0. The number of halogens is 1. The van der Waals surface area contributed by atoms with Crippen LogP contribution in [0.15, 0.2) is 42.5 Å². The average Bonchev–Trinajstić information content (AvgIpc) is 2.98. The van der Waals surface area contributed by atoms with Gasteiger partial charge < -0.3 is 4.90 Å². The van der Waals surface area contributed by atoms with Gasteiger partial charge >= 0.3 is 0 Å². The quantitative estimate of drug-likeness (QED) is 0.767. The number of hydrogen-bond acceptors (Lipinski definition) is 4. The molecule has 1 unspecified atom stereocenters. The molecule has 0 aromatic heterocycles. The molecule has 1 atom stereocenters. The number of hydrogen-bond donors (Lipinski definition) is 0. The normalized spacial score (nSPS) is 20.9. The highest BCUT2D eigenvalue weighted by molar-refractivity contribution is 6.22. The van der Waals surface area contributed by atoms with E-state index in [4.69, 9.17) is 0 Å². The van der Waals surface area contributed by atoms with Crippen molar-refractivity contribution >= 4 is 23.2 Å². The molecule has 2 aliphatic heterocycles. The Bertz CT molecular complexity index is 922. The molecular weight excluding hydrogens is 357 g/mol. The number of imide groups is 1. The van der Waals surface area contributed by atoms with Crippen LogP contribution in [0.25, 0.3) is 0 Å². The summed E-state index contributed by atoms with van der Waals surface area (Å²) in [6.45, 7) is 6.37. The summed E-state index contributed by atoms with van der Waals surface area (Å²) >= 11 is 0. The minimum atomic E-state index is -0.435. The van der Waals surface area contributed by atoms with Gasteiger partial charge in [0, 0.05) is 26.2 Å². The van der Waals surface area contributed by atoms with Crippen molar-refractivity contribution in [2.24, 2.45) is 0 Å². The molecule has 5 nitrogen and oxygen atoms in total. The predicted octanol–water partition coefficient (Wildman–Crippen LogP) is 2.90. The lowest BCUT2D eigenvalue weighted by Gasteiger charge is -2.38. The van der Waals surface area contributed by atoms with Gasteiger partial charge in [0.25, 0.3) is 5.91 Å². The lowest BCUT2D eigenvalue weighted by atomic mass is 10.1. The first kappa shape index (κ1) is 18.6. The maximum atomic E-state index is 14.0. The van der Waals surface area contributed by atoms with Crippen molar-refractivity contribution in [2.75, 3.05) is 36.0 Å². The van der Waals surface area contributed by atoms with Crippen molar-refractivity contribution < 1.29 is 14.0 Å². The van der Waals surface area contributed by atoms with E-state index < -0.39 is 6.04 Å². The molecular formula is C22H24FN3O2. The molecule has 2 aromatic rings. The zero-order valence-corrected chi connectivity index (χ0v) is 16.2. The van der Waals surface area contributed by atoms with Gasteiger partial charge in [0.15, 0.2) is 0 Å². The molecule has 0 aliphatic carbocycles. The third-order valence-corrected chi connectivity index (χ3v) is 5.68. The zero-order chi connectivity index (χ0) is 19.8. The van der Waals surface area contributed by atoms with Crippen LogP contribution in [0.4, 0.5) is 15.8 Å². The van der Waals surface area contributed by atoms with E-state index in [0.29, 0.717) is 37.6 Å². The minimum absolute atomic E-state index is 0.153. The van der Waals surface area contributed by atoms with E-state index in [-0.39, 0.29) is 24.1 Å². The lowest BCUT2D eigenvalue weighted by Crippen LogP contribution is -2.52. The van der Waals surface area contributed by atoms with Crippen LogP contribution in [0.5, 0.6) is 0 Å². The highest BCUT2D eigenvalue weighted by Gasteiger charge is 2.43. The van der Waals surface area contributed by atoms with Gasteiger partial charge in [0.05, 0.1) is 23.8 Å². The molecule has 0 saturated carbocycles. The Labute approximate surface area is 164 Å². The number of rotatable bonds is 3. The number of aryl methyl sites for hydroxylation is 2. The molecule has 2 saturated heterocycles. The molecule has 0 radical (unpaired) electrons. The van der Waals surface area contributed by atoms with E-state index in [2.05, 4.69) is 4.90 Å². The summed E-state index contributed by atoms with van der Waals surface area (Å²) in [5.74, 6) is -0.539. The largest absolute Gasteiger partial charge is 0.367 e. The monoisotopic (exact) mass is 381 g/mol. The van der Waals surface area contributed by atoms with E-state index in [0.717, 1.165) is 11.1 Å². The maximum absolute atomic E-state index is 14.0.